The Bertz CT molecular complexity index is 224. The Kier molecular flexibility index (Phi) is 4.83. The highest BCUT2D eigenvalue weighted by atomic mass is 15.2. The predicted octanol–water partition coefficient (Wildman–Crippen LogP) is 1.53. The average molecular weight is 239 g/mol. The van der Waals surface area contributed by atoms with Gasteiger partial charge in [-0.2, -0.15) is 0 Å². The van der Waals surface area contributed by atoms with Crippen LogP contribution in [0.15, 0.2) is 0 Å². The zero-order valence-corrected chi connectivity index (χ0v) is 11.6. The van der Waals surface area contributed by atoms with Crippen LogP contribution in [-0.2, 0) is 0 Å². The molecule has 0 spiro atoms. The summed E-state index contributed by atoms with van der Waals surface area (Å²) < 4.78 is 0. The van der Waals surface area contributed by atoms with E-state index in [4.69, 9.17) is 5.73 Å². The maximum atomic E-state index is 6.38. The van der Waals surface area contributed by atoms with Gasteiger partial charge in [0.25, 0.3) is 0 Å². The van der Waals surface area contributed by atoms with Gasteiger partial charge in [0.2, 0.25) is 0 Å². The zero-order chi connectivity index (χ0) is 12.3. The summed E-state index contributed by atoms with van der Waals surface area (Å²) in [4.78, 5) is 4.96. The Labute approximate surface area is 106 Å². The van der Waals surface area contributed by atoms with Crippen LogP contribution < -0.4 is 5.73 Å². The fourth-order valence-corrected chi connectivity index (χ4v) is 3.45. The molecular formula is C14H29N3. The van der Waals surface area contributed by atoms with E-state index >= 15 is 0 Å². The number of hydrogen-bond acceptors (Lipinski definition) is 3. The van der Waals surface area contributed by atoms with E-state index in [0.29, 0.717) is 6.04 Å². The van der Waals surface area contributed by atoms with Gasteiger partial charge in [0.15, 0.2) is 0 Å². The summed E-state index contributed by atoms with van der Waals surface area (Å²) in [5.74, 6) is 0.801. The monoisotopic (exact) mass is 239 g/mol. The lowest BCUT2D eigenvalue weighted by Crippen LogP contribution is -2.50. The summed E-state index contributed by atoms with van der Waals surface area (Å²) in [6.45, 7) is 3.59. The minimum atomic E-state index is 0.415. The Morgan fingerprint density at radius 1 is 1.18 bits per heavy atom. The van der Waals surface area contributed by atoms with E-state index in [1.165, 1.54) is 51.6 Å². The Morgan fingerprint density at radius 3 is 2.53 bits per heavy atom. The van der Waals surface area contributed by atoms with Gasteiger partial charge in [-0.25, -0.2) is 0 Å². The van der Waals surface area contributed by atoms with Crippen LogP contribution in [0.2, 0.25) is 0 Å². The van der Waals surface area contributed by atoms with E-state index in [2.05, 4.69) is 23.9 Å². The molecule has 17 heavy (non-hydrogen) atoms. The molecule has 2 aliphatic rings. The van der Waals surface area contributed by atoms with Gasteiger partial charge < -0.3 is 15.5 Å². The summed E-state index contributed by atoms with van der Waals surface area (Å²) in [6.07, 6.45) is 8.22. The van der Waals surface area contributed by atoms with Gasteiger partial charge in [-0.3, -0.25) is 0 Å². The quantitative estimate of drug-likeness (QED) is 0.807. The molecule has 0 aromatic rings. The molecular weight excluding hydrogens is 210 g/mol. The van der Waals surface area contributed by atoms with Gasteiger partial charge in [0.1, 0.15) is 0 Å². The largest absolute Gasteiger partial charge is 0.326 e. The Hall–Kier alpha value is -0.120. The van der Waals surface area contributed by atoms with Gasteiger partial charge in [-0.05, 0) is 52.2 Å². The zero-order valence-electron chi connectivity index (χ0n) is 11.6. The van der Waals surface area contributed by atoms with Gasteiger partial charge in [-0.15, -0.1) is 0 Å². The summed E-state index contributed by atoms with van der Waals surface area (Å²) in [5.41, 5.74) is 6.38. The van der Waals surface area contributed by atoms with Crippen molar-refractivity contribution in [3.63, 3.8) is 0 Å². The second-order valence-electron chi connectivity index (χ2n) is 6.23. The number of rotatable bonds is 4. The lowest BCUT2D eigenvalue weighted by Gasteiger charge is -2.38. The van der Waals surface area contributed by atoms with E-state index in [1.807, 2.05) is 0 Å². The third-order valence-electron chi connectivity index (χ3n) is 4.69. The van der Waals surface area contributed by atoms with Crippen molar-refractivity contribution in [1.29, 1.82) is 0 Å². The molecule has 100 valence electrons. The van der Waals surface area contributed by atoms with Crippen molar-refractivity contribution >= 4 is 0 Å². The molecule has 3 heteroatoms. The second kappa shape index (κ2) is 6.17. The molecule has 1 aliphatic carbocycles. The fourth-order valence-electron chi connectivity index (χ4n) is 3.45. The highest BCUT2D eigenvalue weighted by molar-refractivity contribution is 4.84. The molecule has 0 aromatic heterocycles. The molecule has 0 aromatic carbocycles. The number of hydrogen-bond donors (Lipinski definition) is 1. The normalized spacial score (nSPS) is 30.0. The molecule has 1 saturated heterocycles. The van der Waals surface area contributed by atoms with Crippen LogP contribution in [0.1, 0.15) is 38.5 Å². The second-order valence-corrected chi connectivity index (χ2v) is 6.23. The average Bonchev–Trinajstić information content (AvgIpc) is 2.82. The number of nitrogens with zero attached hydrogens (tertiary/aromatic N) is 2. The summed E-state index contributed by atoms with van der Waals surface area (Å²) >= 11 is 0. The highest BCUT2D eigenvalue weighted by Gasteiger charge is 2.27. The van der Waals surface area contributed by atoms with Crippen molar-refractivity contribution in [1.82, 2.24) is 9.80 Å². The standard InChI is InChI=1S/C14H29N3/c1-16(2)13-8-5-9-17(10-13)11-14(15)12-6-3-4-7-12/h12-14H,3-11,15H2,1-2H3. The van der Waals surface area contributed by atoms with Crippen LogP contribution >= 0.6 is 0 Å². The van der Waals surface area contributed by atoms with E-state index in [9.17, 15) is 0 Å². The molecule has 3 nitrogen and oxygen atoms in total. The first-order valence-corrected chi connectivity index (χ1v) is 7.31. The van der Waals surface area contributed by atoms with Crippen LogP contribution in [0, 0.1) is 5.92 Å². The molecule has 0 radical (unpaired) electrons. The summed E-state index contributed by atoms with van der Waals surface area (Å²) in [7, 11) is 4.40. The van der Waals surface area contributed by atoms with E-state index in [-0.39, 0.29) is 0 Å². The molecule has 1 heterocycles. The van der Waals surface area contributed by atoms with Crippen molar-refractivity contribution in [2.45, 2.75) is 50.6 Å². The summed E-state index contributed by atoms with van der Waals surface area (Å²) in [6, 6.07) is 1.15. The van der Waals surface area contributed by atoms with Crippen molar-refractivity contribution in [3.8, 4) is 0 Å². The van der Waals surface area contributed by atoms with Crippen molar-refractivity contribution in [3.05, 3.63) is 0 Å². The summed E-state index contributed by atoms with van der Waals surface area (Å²) in [5, 5.41) is 0. The van der Waals surface area contributed by atoms with Crippen molar-refractivity contribution < 1.29 is 0 Å². The number of likely N-dealkylation sites (N-methyl/N-ethyl adjacent to an activating group) is 1. The van der Waals surface area contributed by atoms with Crippen LogP contribution in [0.3, 0.4) is 0 Å². The van der Waals surface area contributed by atoms with Gasteiger partial charge in [0.05, 0.1) is 0 Å². The molecule has 0 bridgehead atoms. The minimum Gasteiger partial charge on any atom is -0.326 e. The van der Waals surface area contributed by atoms with Gasteiger partial charge in [0, 0.05) is 25.2 Å². The molecule has 1 aliphatic heterocycles. The van der Waals surface area contributed by atoms with Crippen LogP contribution in [0.25, 0.3) is 0 Å². The maximum Gasteiger partial charge on any atom is 0.0217 e. The number of likely N-dealkylation sites (tertiary alicyclic amines) is 1. The third kappa shape index (κ3) is 3.67. The molecule has 2 atom stereocenters. The Balaban J connectivity index is 1.77. The molecule has 2 unspecified atom stereocenters. The Morgan fingerprint density at radius 2 is 1.88 bits per heavy atom. The molecule has 0 amide bonds. The van der Waals surface area contributed by atoms with Crippen LogP contribution in [-0.4, -0.2) is 55.6 Å². The van der Waals surface area contributed by atoms with E-state index < -0.39 is 0 Å². The molecule has 2 rings (SSSR count). The van der Waals surface area contributed by atoms with Crippen molar-refractivity contribution in [2.24, 2.45) is 11.7 Å². The molecule has 1 saturated carbocycles. The lowest BCUT2D eigenvalue weighted by atomic mass is 9.97. The number of nitrogens with two attached hydrogens (primary N) is 1. The van der Waals surface area contributed by atoms with E-state index in [1.54, 1.807) is 0 Å². The topological polar surface area (TPSA) is 32.5 Å². The maximum absolute atomic E-state index is 6.38. The number of piperidine rings is 1. The minimum absolute atomic E-state index is 0.415. The first-order chi connectivity index (χ1) is 8.16. The highest BCUT2D eigenvalue weighted by Crippen LogP contribution is 2.27. The molecule has 2 N–H and O–H groups in total. The SMILES string of the molecule is CN(C)C1CCCN(CC(N)C2CCCC2)C1. The van der Waals surface area contributed by atoms with Crippen LogP contribution in [0.5, 0.6) is 0 Å². The third-order valence-corrected chi connectivity index (χ3v) is 4.69. The molecule has 2 fully saturated rings. The van der Waals surface area contributed by atoms with Gasteiger partial charge in [-0.1, -0.05) is 12.8 Å². The predicted molar refractivity (Wildman–Crippen MR) is 73.1 cm³/mol. The van der Waals surface area contributed by atoms with Crippen molar-refractivity contribution in [2.75, 3.05) is 33.7 Å². The van der Waals surface area contributed by atoms with Gasteiger partial charge >= 0.3 is 0 Å². The smallest absolute Gasteiger partial charge is 0.0217 e. The van der Waals surface area contributed by atoms with Crippen LogP contribution in [0.4, 0.5) is 0 Å². The first kappa shape index (κ1) is 13.3. The fraction of sp³-hybridized carbons (Fsp3) is 1.00. The first-order valence-electron chi connectivity index (χ1n) is 7.31. The lowest BCUT2D eigenvalue weighted by molar-refractivity contribution is 0.121. The van der Waals surface area contributed by atoms with E-state index in [0.717, 1.165) is 18.5 Å².